The van der Waals surface area contributed by atoms with Crippen LogP contribution in [0.5, 0.6) is 5.75 Å². The van der Waals surface area contributed by atoms with E-state index in [1.807, 2.05) is 18.2 Å². The van der Waals surface area contributed by atoms with Gasteiger partial charge in [-0.05, 0) is 25.0 Å². The fourth-order valence-electron chi connectivity index (χ4n) is 2.36. The smallest absolute Gasteiger partial charge is 0.237 e. The number of hydrazine groups is 1. The fourth-order valence-corrected chi connectivity index (χ4v) is 2.56. The largest absolute Gasteiger partial charge is 0.495 e. The Morgan fingerprint density at radius 3 is 2.74 bits per heavy atom. The van der Waals surface area contributed by atoms with Crippen molar-refractivity contribution in [1.29, 1.82) is 0 Å². The minimum absolute atomic E-state index is 0.00967. The molecule has 0 aliphatic carbocycles. The van der Waals surface area contributed by atoms with Gasteiger partial charge in [0.15, 0.2) is 0 Å². The van der Waals surface area contributed by atoms with Gasteiger partial charge in [-0.1, -0.05) is 11.6 Å². The number of benzene rings is 1. The summed E-state index contributed by atoms with van der Waals surface area (Å²) in [5, 5.41) is 0.601. The molecule has 2 rings (SSSR count). The van der Waals surface area contributed by atoms with Crippen molar-refractivity contribution in [3.63, 3.8) is 0 Å². The van der Waals surface area contributed by atoms with Crippen LogP contribution in [-0.2, 0) is 4.79 Å². The summed E-state index contributed by atoms with van der Waals surface area (Å²) in [6.45, 7) is 1.64. The molecule has 6 heteroatoms. The SMILES string of the molecule is COc1cc(N2CCC(C(=O)NN)CC2)ccc1Cl. The lowest BCUT2D eigenvalue weighted by atomic mass is 9.96. The van der Waals surface area contributed by atoms with Crippen LogP contribution in [0.15, 0.2) is 18.2 Å². The van der Waals surface area contributed by atoms with E-state index in [2.05, 4.69) is 10.3 Å². The maximum absolute atomic E-state index is 11.5. The molecule has 104 valence electrons. The first-order valence-corrected chi connectivity index (χ1v) is 6.62. The van der Waals surface area contributed by atoms with E-state index in [9.17, 15) is 4.79 Å². The summed E-state index contributed by atoms with van der Waals surface area (Å²) in [7, 11) is 1.60. The topological polar surface area (TPSA) is 67.6 Å². The molecule has 0 spiro atoms. The number of ether oxygens (including phenoxy) is 1. The van der Waals surface area contributed by atoms with Gasteiger partial charge in [0.2, 0.25) is 5.91 Å². The second-order valence-corrected chi connectivity index (χ2v) is 5.00. The third-order valence-electron chi connectivity index (χ3n) is 3.51. The molecule has 1 fully saturated rings. The number of anilines is 1. The monoisotopic (exact) mass is 283 g/mol. The van der Waals surface area contributed by atoms with Crippen molar-refractivity contribution in [2.75, 3.05) is 25.1 Å². The Balaban J connectivity index is 2.03. The first-order chi connectivity index (χ1) is 9.15. The van der Waals surface area contributed by atoms with E-state index in [1.54, 1.807) is 7.11 Å². The lowest BCUT2D eigenvalue weighted by Gasteiger charge is -2.32. The molecule has 1 saturated heterocycles. The van der Waals surface area contributed by atoms with Crippen LogP contribution in [0.3, 0.4) is 0 Å². The third-order valence-corrected chi connectivity index (χ3v) is 3.82. The van der Waals surface area contributed by atoms with Gasteiger partial charge in [-0.25, -0.2) is 5.84 Å². The zero-order valence-corrected chi connectivity index (χ0v) is 11.6. The number of piperidine rings is 1. The summed E-state index contributed by atoms with van der Waals surface area (Å²) >= 11 is 6.01. The minimum atomic E-state index is -0.0756. The molecule has 19 heavy (non-hydrogen) atoms. The second kappa shape index (κ2) is 6.12. The van der Waals surface area contributed by atoms with Crippen molar-refractivity contribution in [2.24, 2.45) is 11.8 Å². The van der Waals surface area contributed by atoms with Gasteiger partial charge in [-0.2, -0.15) is 0 Å². The van der Waals surface area contributed by atoms with Crippen LogP contribution < -0.4 is 20.9 Å². The number of carbonyl (C=O) groups excluding carboxylic acids is 1. The van der Waals surface area contributed by atoms with Crippen LogP contribution in [0.2, 0.25) is 5.02 Å². The standard InChI is InChI=1S/C13H18ClN3O2/c1-19-12-8-10(2-3-11(12)14)17-6-4-9(5-7-17)13(18)16-15/h2-3,8-9H,4-7,15H2,1H3,(H,16,18). The molecule has 1 aliphatic rings. The predicted molar refractivity (Wildman–Crippen MR) is 75.3 cm³/mol. The first kappa shape index (κ1) is 14.0. The Hall–Kier alpha value is -1.46. The van der Waals surface area contributed by atoms with Crippen LogP contribution in [0.4, 0.5) is 5.69 Å². The lowest BCUT2D eigenvalue weighted by Crippen LogP contribution is -2.42. The number of halogens is 1. The van der Waals surface area contributed by atoms with Crippen molar-refractivity contribution in [3.8, 4) is 5.75 Å². The molecule has 1 aromatic rings. The van der Waals surface area contributed by atoms with E-state index in [1.165, 1.54) is 0 Å². The molecular formula is C13H18ClN3O2. The number of nitrogens with one attached hydrogen (secondary N) is 1. The molecule has 1 aliphatic heterocycles. The highest BCUT2D eigenvalue weighted by atomic mass is 35.5. The van der Waals surface area contributed by atoms with E-state index < -0.39 is 0 Å². The Kier molecular flexibility index (Phi) is 4.50. The molecule has 1 heterocycles. The van der Waals surface area contributed by atoms with Gasteiger partial charge in [0.1, 0.15) is 5.75 Å². The van der Waals surface area contributed by atoms with Crippen LogP contribution in [0.1, 0.15) is 12.8 Å². The average molecular weight is 284 g/mol. The number of methoxy groups -OCH3 is 1. The van der Waals surface area contributed by atoms with Crippen molar-refractivity contribution in [1.82, 2.24) is 5.43 Å². The molecule has 0 radical (unpaired) electrons. The average Bonchev–Trinajstić information content (AvgIpc) is 2.47. The first-order valence-electron chi connectivity index (χ1n) is 6.24. The highest BCUT2D eigenvalue weighted by Gasteiger charge is 2.24. The predicted octanol–water partition coefficient (Wildman–Crippen LogP) is 1.55. The lowest BCUT2D eigenvalue weighted by molar-refractivity contribution is -0.125. The molecule has 0 atom stereocenters. The van der Waals surface area contributed by atoms with E-state index in [0.717, 1.165) is 31.6 Å². The van der Waals surface area contributed by atoms with Gasteiger partial charge in [0.25, 0.3) is 0 Å². The molecule has 3 N–H and O–H groups in total. The quantitative estimate of drug-likeness (QED) is 0.502. The summed E-state index contributed by atoms with van der Waals surface area (Å²) in [5.41, 5.74) is 3.28. The summed E-state index contributed by atoms with van der Waals surface area (Å²) in [6.07, 6.45) is 1.60. The highest BCUT2D eigenvalue weighted by Crippen LogP contribution is 2.31. The van der Waals surface area contributed by atoms with Crippen LogP contribution >= 0.6 is 11.6 Å². The van der Waals surface area contributed by atoms with Crippen molar-refractivity contribution < 1.29 is 9.53 Å². The molecule has 0 aromatic heterocycles. The fraction of sp³-hybridized carbons (Fsp3) is 0.462. The number of hydrogen-bond donors (Lipinski definition) is 2. The summed E-state index contributed by atoms with van der Waals surface area (Å²) < 4.78 is 5.21. The van der Waals surface area contributed by atoms with Gasteiger partial charge in [-0.15, -0.1) is 0 Å². The number of nitrogens with two attached hydrogens (primary N) is 1. The zero-order valence-electron chi connectivity index (χ0n) is 10.9. The Morgan fingerprint density at radius 1 is 1.47 bits per heavy atom. The van der Waals surface area contributed by atoms with Gasteiger partial charge in [0, 0.05) is 30.8 Å². The van der Waals surface area contributed by atoms with Crippen molar-refractivity contribution >= 4 is 23.2 Å². The normalized spacial score (nSPS) is 16.3. The number of amides is 1. The molecule has 5 nitrogen and oxygen atoms in total. The van der Waals surface area contributed by atoms with E-state index in [4.69, 9.17) is 22.2 Å². The number of carbonyl (C=O) groups is 1. The maximum Gasteiger partial charge on any atom is 0.237 e. The Morgan fingerprint density at radius 2 is 2.16 bits per heavy atom. The Bertz CT molecular complexity index is 459. The second-order valence-electron chi connectivity index (χ2n) is 4.59. The van der Waals surface area contributed by atoms with E-state index in [-0.39, 0.29) is 11.8 Å². The minimum Gasteiger partial charge on any atom is -0.495 e. The molecule has 0 saturated carbocycles. The third kappa shape index (κ3) is 3.11. The van der Waals surface area contributed by atoms with Crippen LogP contribution in [-0.4, -0.2) is 26.1 Å². The zero-order chi connectivity index (χ0) is 13.8. The van der Waals surface area contributed by atoms with E-state index >= 15 is 0 Å². The van der Waals surface area contributed by atoms with E-state index in [0.29, 0.717) is 10.8 Å². The molecule has 1 aromatic carbocycles. The summed E-state index contributed by atoms with van der Waals surface area (Å²) in [6, 6.07) is 5.72. The number of hydrogen-bond acceptors (Lipinski definition) is 4. The van der Waals surface area contributed by atoms with Gasteiger partial charge in [-0.3, -0.25) is 10.2 Å². The highest BCUT2D eigenvalue weighted by molar-refractivity contribution is 6.32. The van der Waals surface area contributed by atoms with Crippen molar-refractivity contribution in [2.45, 2.75) is 12.8 Å². The van der Waals surface area contributed by atoms with Gasteiger partial charge < -0.3 is 9.64 Å². The van der Waals surface area contributed by atoms with Crippen LogP contribution in [0, 0.1) is 5.92 Å². The summed E-state index contributed by atoms with van der Waals surface area (Å²) in [5.74, 6) is 5.76. The maximum atomic E-state index is 11.5. The van der Waals surface area contributed by atoms with Crippen LogP contribution in [0.25, 0.3) is 0 Å². The molecule has 1 amide bonds. The number of rotatable bonds is 3. The summed E-state index contributed by atoms with van der Waals surface area (Å²) in [4.78, 5) is 13.7. The van der Waals surface area contributed by atoms with Gasteiger partial charge in [0.05, 0.1) is 12.1 Å². The Labute approximate surface area is 117 Å². The molecule has 0 bridgehead atoms. The molecular weight excluding hydrogens is 266 g/mol. The number of nitrogens with zero attached hydrogens (tertiary/aromatic N) is 1. The van der Waals surface area contributed by atoms with Gasteiger partial charge >= 0.3 is 0 Å². The van der Waals surface area contributed by atoms with Crippen molar-refractivity contribution in [3.05, 3.63) is 23.2 Å². The molecule has 0 unspecified atom stereocenters.